The Balaban J connectivity index is 0.000000251. The van der Waals surface area contributed by atoms with Crippen molar-refractivity contribution in [2.24, 2.45) is 17.4 Å². The molecular formula is C19H40N2O4. The molecule has 2 heterocycles. The average Bonchev–Trinajstić information content (AvgIpc) is 2.55. The van der Waals surface area contributed by atoms with Crippen molar-refractivity contribution in [2.75, 3.05) is 26.4 Å². The molecule has 3 unspecified atom stereocenters. The van der Waals surface area contributed by atoms with Crippen LogP contribution in [0.4, 0.5) is 0 Å². The molecule has 2 rings (SSSR count). The van der Waals surface area contributed by atoms with E-state index in [0.717, 1.165) is 58.5 Å². The second kappa shape index (κ2) is 10.8. The van der Waals surface area contributed by atoms with Gasteiger partial charge in [-0.15, -0.1) is 0 Å². The fraction of sp³-hybridized carbons (Fsp3) is 1.00. The second-order valence-corrected chi connectivity index (χ2v) is 7.65. The molecule has 0 saturated carbocycles. The number of nitrogens with two attached hydrogens (primary N) is 2. The molecule has 2 fully saturated rings. The van der Waals surface area contributed by atoms with Gasteiger partial charge in [0.1, 0.15) is 0 Å². The fourth-order valence-electron chi connectivity index (χ4n) is 3.13. The van der Waals surface area contributed by atoms with Crippen molar-refractivity contribution in [3.8, 4) is 0 Å². The Labute approximate surface area is 153 Å². The lowest BCUT2D eigenvalue weighted by atomic mass is 9.94. The van der Waals surface area contributed by atoms with Crippen LogP contribution in [0.25, 0.3) is 0 Å². The Morgan fingerprint density at radius 1 is 0.880 bits per heavy atom. The minimum atomic E-state index is -0.466. The van der Waals surface area contributed by atoms with Gasteiger partial charge in [-0.3, -0.25) is 0 Å². The summed E-state index contributed by atoms with van der Waals surface area (Å²) in [7, 11) is 0. The van der Waals surface area contributed by atoms with Crippen LogP contribution in [-0.2, 0) is 18.9 Å². The zero-order valence-corrected chi connectivity index (χ0v) is 16.9. The Bertz CT molecular complexity index is 353. The third kappa shape index (κ3) is 7.89. The molecule has 0 aromatic rings. The van der Waals surface area contributed by atoms with E-state index in [2.05, 4.69) is 13.8 Å². The van der Waals surface area contributed by atoms with Crippen LogP contribution in [-0.4, -0.2) is 50.1 Å². The predicted octanol–water partition coefficient (Wildman–Crippen LogP) is 2.78. The van der Waals surface area contributed by atoms with Gasteiger partial charge in [0.05, 0.1) is 26.4 Å². The third-order valence-electron chi connectivity index (χ3n) is 5.08. The van der Waals surface area contributed by atoms with Gasteiger partial charge in [-0.2, -0.15) is 0 Å². The molecule has 0 aromatic heterocycles. The normalized spacial score (nSPS) is 26.0. The standard InChI is InChI=1S/C10H21NO2.C9H19NO2/c1-3-5-9(11)8-10(2)12-6-4-7-13-10;1-7(8(2)10)9(3)11-5-4-6-12-9/h9H,3-8,11H2,1-2H3;7-8H,4-6,10H2,1-3H3. The van der Waals surface area contributed by atoms with Crippen LogP contribution < -0.4 is 11.5 Å². The van der Waals surface area contributed by atoms with Gasteiger partial charge in [0.15, 0.2) is 11.6 Å². The molecule has 0 spiro atoms. The minimum Gasteiger partial charge on any atom is -0.350 e. The SMILES string of the molecule is CC(N)C(C)C1(C)OCCCO1.CCCC(N)CC1(C)OCCCO1. The first-order valence-electron chi connectivity index (χ1n) is 9.79. The smallest absolute Gasteiger partial charge is 0.169 e. The third-order valence-corrected chi connectivity index (χ3v) is 5.08. The molecule has 3 atom stereocenters. The van der Waals surface area contributed by atoms with Gasteiger partial charge in [0.2, 0.25) is 0 Å². The van der Waals surface area contributed by atoms with Crippen molar-refractivity contribution in [1.29, 1.82) is 0 Å². The molecule has 0 bridgehead atoms. The summed E-state index contributed by atoms with van der Waals surface area (Å²) >= 11 is 0. The van der Waals surface area contributed by atoms with E-state index in [1.165, 1.54) is 0 Å². The van der Waals surface area contributed by atoms with Gasteiger partial charge in [0, 0.05) is 24.4 Å². The van der Waals surface area contributed by atoms with E-state index in [0.29, 0.717) is 0 Å². The second-order valence-electron chi connectivity index (χ2n) is 7.65. The molecule has 150 valence electrons. The summed E-state index contributed by atoms with van der Waals surface area (Å²) in [6.07, 6.45) is 4.96. The van der Waals surface area contributed by atoms with Crippen LogP contribution in [0.1, 0.15) is 66.7 Å². The minimum absolute atomic E-state index is 0.105. The first-order valence-corrected chi connectivity index (χ1v) is 9.79. The van der Waals surface area contributed by atoms with Crippen LogP contribution >= 0.6 is 0 Å². The zero-order valence-electron chi connectivity index (χ0n) is 16.9. The maximum absolute atomic E-state index is 5.94. The van der Waals surface area contributed by atoms with Crippen molar-refractivity contribution >= 4 is 0 Å². The lowest BCUT2D eigenvalue weighted by molar-refractivity contribution is -0.282. The van der Waals surface area contributed by atoms with Crippen LogP contribution in [0, 0.1) is 5.92 Å². The summed E-state index contributed by atoms with van der Waals surface area (Å²) in [4.78, 5) is 0. The molecule has 6 heteroatoms. The van der Waals surface area contributed by atoms with Crippen LogP contribution in [0.2, 0.25) is 0 Å². The quantitative estimate of drug-likeness (QED) is 0.757. The fourth-order valence-corrected chi connectivity index (χ4v) is 3.13. The molecule has 0 amide bonds. The maximum atomic E-state index is 5.94. The Hall–Kier alpha value is -0.240. The first-order chi connectivity index (χ1) is 11.7. The van der Waals surface area contributed by atoms with Crippen molar-refractivity contribution < 1.29 is 18.9 Å². The van der Waals surface area contributed by atoms with Crippen molar-refractivity contribution in [3.05, 3.63) is 0 Å². The van der Waals surface area contributed by atoms with Crippen LogP contribution in [0.15, 0.2) is 0 Å². The van der Waals surface area contributed by atoms with Gasteiger partial charge in [-0.05, 0) is 40.0 Å². The molecule has 6 nitrogen and oxygen atoms in total. The van der Waals surface area contributed by atoms with Gasteiger partial charge >= 0.3 is 0 Å². The number of rotatable bonds is 6. The van der Waals surface area contributed by atoms with Gasteiger partial charge in [0.25, 0.3) is 0 Å². The maximum Gasteiger partial charge on any atom is 0.169 e. The molecule has 2 aliphatic rings. The van der Waals surface area contributed by atoms with Crippen molar-refractivity contribution in [2.45, 2.75) is 90.4 Å². The van der Waals surface area contributed by atoms with E-state index in [1.54, 1.807) is 0 Å². The van der Waals surface area contributed by atoms with Crippen molar-refractivity contribution in [3.63, 3.8) is 0 Å². The zero-order chi connectivity index (χ0) is 18.9. The molecule has 0 radical (unpaired) electrons. The number of ether oxygens (including phenoxy) is 4. The largest absolute Gasteiger partial charge is 0.350 e. The van der Waals surface area contributed by atoms with E-state index in [-0.39, 0.29) is 18.0 Å². The number of hydrogen-bond acceptors (Lipinski definition) is 6. The van der Waals surface area contributed by atoms with E-state index < -0.39 is 11.6 Å². The van der Waals surface area contributed by atoms with Gasteiger partial charge < -0.3 is 30.4 Å². The summed E-state index contributed by atoms with van der Waals surface area (Å²) in [6.45, 7) is 13.3. The first kappa shape index (κ1) is 22.8. The molecule has 0 aliphatic carbocycles. The summed E-state index contributed by atoms with van der Waals surface area (Å²) in [5, 5.41) is 0. The molecule has 2 aliphatic heterocycles. The summed E-state index contributed by atoms with van der Waals surface area (Å²) in [5.41, 5.74) is 11.7. The van der Waals surface area contributed by atoms with Gasteiger partial charge in [-0.1, -0.05) is 20.3 Å². The van der Waals surface area contributed by atoms with E-state index in [4.69, 9.17) is 30.4 Å². The van der Waals surface area contributed by atoms with E-state index in [1.807, 2.05) is 20.8 Å². The molecule has 4 N–H and O–H groups in total. The lowest BCUT2D eigenvalue weighted by Gasteiger charge is -2.40. The Morgan fingerprint density at radius 2 is 1.36 bits per heavy atom. The Kier molecular flexibility index (Phi) is 9.85. The highest BCUT2D eigenvalue weighted by Crippen LogP contribution is 2.28. The highest BCUT2D eigenvalue weighted by molar-refractivity contribution is 4.79. The lowest BCUT2D eigenvalue weighted by Crippen LogP contribution is -2.49. The van der Waals surface area contributed by atoms with Crippen molar-refractivity contribution in [1.82, 2.24) is 0 Å². The van der Waals surface area contributed by atoms with Gasteiger partial charge in [-0.25, -0.2) is 0 Å². The van der Waals surface area contributed by atoms with Crippen LogP contribution in [0.5, 0.6) is 0 Å². The summed E-state index contributed by atoms with van der Waals surface area (Å²) in [6, 6.07) is 0.307. The number of hydrogen-bond donors (Lipinski definition) is 2. The van der Waals surface area contributed by atoms with E-state index >= 15 is 0 Å². The molecule has 25 heavy (non-hydrogen) atoms. The summed E-state index contributed by atoms with van der Waals surface area (Å²) in [5.74, 6) is -0.656. The molecule has 2 saturated heterocycles. The predicted molar refractivity (Wildman–Crippen MR) is 100 cm³/mol. The Morgan fingerprint density at radius 3 is 1.80 bits per heavy atom. The molecular weight excluding hydrogens is 320 g/mol. The molecule has 0 aromatic carbocycles. The van der Waals surface area contributed by atoms with Crippen LogP contribution in [0.3, 0.4) is 0 Å². The monoisotopic (exact) mass is 360 g/mol. The topological polar surface area (TPSA) is 89.0 Å². The van der Waals surface area contributed by atoms with E-state index in [9.17, 15) is 0 Å². The average molecular weight is 361 g/mol. The summed E-state index contributed by atoms with van der Waals surface area (Å²) < 4.78 is 22.3. The highest BCUT2D eigenvalue weighted by atomic mass is 16.7. The highest BCUT2D eigenvalue weighted by Gasteiger charge is 2.37.